The van der Waals surface area contributed by atoms with Gasteiger partial charge >= 0.3 is 6.09 Å². The summed E-state index contributed by atoms with van der Waals surface area (Å²) in [5.74, 6) is 0.820. The molecule has 3 amide bonds. The lowest BCUT2D eigenvalue weighted by Crippen LogP contribution is -2.37. The molecule has 284 valence electrons. The highest BCUT2D eigenvalue weighted by molar-refractivity contribution is 8.76. The molecule has 0 aromatic carbocycles. The van der Waals surface area contributed by atoms with Crippen LogP contribution in [0.25, 0.3) is 0 Å². The van der Waals surface area contributed by atoms with Crippen molar-refractivity contribution in [3.05, 3.63) is 103 Å². The molecule has 0 spiro atoms. The maximum atomic E-state index is 11.7. The lowest BCUT2D eigenvalue weighted by atomic mass is 10.2. The Morgan fingerprint density at radius 1 is 0.784 bits per heavy atom. The van der Waals surface area contributed by atoms with E-state index in [4.69, 9.17) is 10.2 Å². The highest BCUT2D eigenvalue weighted by Gasteiger charge is 2.11. The summed E-state index contributed by atoms with van der Waals surface area (Å²) in [5.41, 5.74) is 0.427. The Kier molecular flexibility index (Phi) is 33.7. The van der Waals surface area contributed by atoms with Gasteiger partial charge in [-0.25, -0.2) is 4.79 Å². The van der Waals surface area contributed by atoms with Crippen LogP contribution in [0.2, 0.25) is 0 Å². The number of carbonyl (C=O) groups excluding carboxylic acids is 3. The number of amides is 3. The molecule has 0 saturated heterocycles. The third-order valence-corrected chi connectivity index (χ3v) is 9.14. The minimum Gasteiger partial charge on any atom is -0.441 e. The van der Waals surface area contributed by atoms with Crippen molar-refractivity contribution in [1.29, 1.82) is 0 Å². The molecule has 0 radical (unpaired) electrons. The number of pyridine rings is 1. The van der Waals surface area contributed by atoms with Crippen molar-refractivity contribution in [1.82, 2.24) is 20.9 Å². The number of ether oxygens (including phenoxy) is 1. The van der Waals surface area contributed by atoms with Gasteiger partial charge in [0.15, 0.2) is 0 Å². The number of aromatic nitrogens is 1. The van der Waals surface area contributed by atoms with E-state index in [0.717, 1.165) is 57.2 Å². The Morgan fingerprint density at radius 2 is 1.33 bits per heavy atom. The topological polar surface area (TPSA) is 150 Å². The third kappa shape index (κ3) is 33.3. The predicted octanol–water partition coefficient (Wildman–Crippen LogP) is 7.26. The van der Waals surface area contributed by atoms with Gasteiger partial charge in [0.2, 0.25) is 5.91 Å². The fourth-order valence-corrected chi connectivity index (χ4v) is 5.53. The standard InChI is InChI=1S/C27H43NOS2.C12H17N3O5/c1-4-5-6-7-8-9-10-11-12-13-14-15-16-17-18-19-20-21-22-23-27(29)28-24-25-30-31-26(2)3;16-7-10(8-17)20-12(19)15-5-4-14-11(18)9-2-1-3-13-6-9/h5-6,8-9,11-12,14-15,17-18,20-21,26H,4,7,10,13,16,19,22-25H2,1-3H3,(H,28,29);1-3,6,10,16-17H,4-5,7-8H2,(H,14,18)(H,15,19)/b6-5-,9-8-,12-11-,15-14-,18-17-,21-20-;. The van der Waals surface area contributed by atoms with Gasteiger partial charge in [-0.1, -0.05) is 115 Å². The zero-order valence-corrected chi connectivity index (χ0v) is 32.2. The van der Waals surface area contributed by atoms with Gasteiger partial charge < -0.3 is 30.9 Å². The molecule has 0 atom stereocenters. The SMILES string of the molecule is CC/C=C\C/C=C\C/C=C\C/C=C\C/C=C\C/C=C\CCC(=O)NCCSSC(C)C.O=C(NCCNC(=O)c1cccnc1)OC(CO)CO. The first kappa shape index (κ1) is 47.4. The Hall–Kier alpha value is -3.58. The van der Waals surface area contributed by atoms with Crippen molar-refractivity contribution in [2.24, 2.45) is 0 Å². The van der Waals surface area contributed by atoms with Crippen LogP contribution >= 0.6 is 21.6 Å². The van der Waals surface area contributed by atoms with Crippen LogP contribution in [0.1, 0.15) is 82.5 Å². The molecule has 0 saturated carbocycles. The van der Waals surface area contributed by atoms with Crippen LogP contribution in [0.3, 0.4) is 0 Å². The van der Waals surface area contributed by atoms with Crippen molar-refractivity contribution in [2.45, 2.75) is 83.5 Å². The van der Waals surface area contributed by atoms with E-state index in [2.05, 4.69) is 119 Å². The van der Waals surface area contributed by atoms with E-state index in [9.17, 15) is 14.4 Å². The second-order valence-electron chi connectivity index (χ2n) is 11.1. The summed E-state index contributed by atoms with van der Waals surface area (Å²) in [4.78, 5) is 38.4. The average Bonchev–Trinajstić information content (AvgIpc) is 3.13. The van der Waals surface area contributed by atoms with Crippen LogP contribution in [-0.4, -0.2) is 83.1 Å². The van der Waals surface area contributed by atoms with E-state index in [1.165, 1.54) is 6.20 Å². The number of alkyl carbamates (subject to hydrolysis) is 1. The third-order valence-electron chi connectivity index (χ3n) is 6.19. The smallest absolute Gasteiger partial charge is 0.407 e. The largest absolute Gasteiger partial charge is 0.441 e. The first-order chi connectivity index (χ1) is 24.8. The minimum absolute atomic E-state index is 0.148. The van der Waals surface area contributed by atoms with Gasteiger partial charge in [-0.15, -0.1) is 0 Å². The summed E-state index contributed by atoms with van der Waals surface area (Å²) in [6.07, 6.45) is 35.0. The molecule has 0 aliphatic carbocycles. The molecule has 5 N–H and O–H groups in total. The fourth-order valence-electron chi connectivity index (χ4n) is 3.62. The summed E-state index contributed by atoms with van der Waals surface area (Å²) in [6, 6.07) is 3.27. The molecule has 0 bridgehead atoms. The van der Waals surface area contributed by atoms with Gasteiger partial charge in [0.05, 0.1) is 18.8 Å². The van der Waals surface area contributed by atoms with Crippen molar-refractivity contribution < 1.29 is 29.3 Å². The zero-order chi connectivity index (χ0) is 37.6. The summed E-state index contributed by atoms with van der Waals surface area (Å²) >= 11 is 0. The number of aliphatic hydroxyl groups is 2. The second kappa shape index (κ2) is 36.2. The van der Waals surface area contributed by atoms with Crippen molar-refractivity contribution in [3.8, 4) is 0 Å². The van der Waals surface area contributed by atoms with Gasteiger partial charge in [-0.3, -0.25) is 14.6 Å². The molecule has 1 rings (SSSR count). The molecular weight excluding hydrogens is 685 g/mol. The van der Waals surface area contributed by atoms with Gasteiger partial charge in [-0.2, -0.15) is 0 Å². The maximum Gasteiger partial charge on any atom is 0.407 e. The van der Waals surface area contributed by atoms with Crippen LogP contribution in [0.15, 0.2) is 97.4 Å². The molecule has 0 unspecified atom stereocenters. The zero-order valence-electron chi connectivity index (χ0n) is 30.6. The first-order valence-electron chi connectivity index (χ1n) is 17.6. The molecular formula is C39H60N4O6S2. The molecule has 1 aromatic rings. The normalized spacial score (nSPS) is 11.8. The summed E-state index contributed by atoms with van der Waals surface area (Å²) in [5, 5.41) is 26.0. The Bertz CT molecular complexity index is 1200. The van der Waals surface area contributed by atoms with Crippen LogP contribution < -0.4 is 16.0 Å². The van der Waals surface area contributed by atoms with E-state index in [1.54, 1.807) is 18.3 Å². The molecule has 1 heterocycles. The van der Waals surface area contributed by atoms with Gasteiger partial charge in [-0.05, 0) is 57.1 Å². The minimum atomic E-state index is -0.944. The van der Waals surface area contributed by atoms with Crippen molar-refractivity contribution >= 4 is 39.5 Å². The summed E-state index contributed by atoms with van der Waals surface area (Å²) < 4.78 is 4.67. The fraction of sp³-hybridized carbons (Fsp3) is 0.487. The molecule has 0 fully saturated rings. The quantitative estimate of drug-likeness (QED) is 0.0375. The van der Waals surface area contributed by atoms with Crippen LogP contribution in [0.4, 0.5) is 4.79 Å². The van der Waals surface area contributed by atoms with Gasteiger partial charge in [0.1, 0.15) is 6.10 Å². The lowest BCUT2D eigenvalue weighted by molar-refractivity contribution is -0.120. The Labute approximate surface area is 313 Å². The summed E-state index contributed by atoms with van der Waals surface area (Å²) in [6.45, 7) is 6.74. The molecule has 0 aliphatic rings. The van der Waals surface area contributed by atoms with Gasteiger partial charge in [0.25, 0.3) is 5.91 Å². The number of allylic oxidation sites excluding steroid dienone is 12. The van der Waals surface area contributed by atoms with E-state index in [0.29, 0.717) is 17.2 Å². The van der Waals surface area contributed by atoms with Crippen LogP contribution in [0, 0.1) is 0 Å². The van der Waals surface area contributed by atoms with Crippen LogP contribution in [0.5, 0.6) is 0 Å². The average molecular weight is 745 g/mol. The van der Waals surface area contributed by atoms with E-state index in [-0.39, 0.29) is 24.9 Å². The van der Waals surface area contributed by atoms with Gasteiger partial charge in [0, 0.05) is 49.5 Å². The Morgan fingerprint density at radius 3 is 1.84 bits per heavy atom. The van der Waals surface area contributed by atoms with Crippen molar-refractivity contribution in [3.63, 3.8) is 0 Å². The number of aliphatic hydroxyl groups excluding tert-OH is 2. The molecule has 51 heavy (non-hydrogen) atoms. The highest BCUT2D eigenvalue weighted by Crippen LogP contribution is 2.25. The monoisotopic (exact) mass is 744 g/mol. The second-order valence-corrected chi connectivity index (χ2v) is 14.2. The summed E-state index contributed by atoms with van der Waals surface area (Å²) in [7, 11) is 3.68. The number of hydrogen-bond donors (Lipinski definition) is 5. The Balaban J connectivity index is 0.00000107. The first-order valence-corrected chi connectivity index (χ1v) is 20.0. The number of hydrogen-bond acceptors (Lipinski definition) is 9. The lowest BCUT2D eigenvalue weighted by Gasteiger charge is -2.13. The molecule has 10 nitrogen and oxygen atoms in total. The number of carbonyl (C=O) groups is 3. The molecule has 0 aliphatic heterocycles. The number of nitrogens with zero attached hydrogens (tertiary/aromatic N) is 1. The maximum absolute atomic E-state index is 11.7. The van der Waals surface area contributed by atoms with Crippen molar-refractivity contribution in [2.75, 3.05) is 38.6 Å². The van der Waals surface area contributed by atoms with E-state index in [1.807, 2.05) is 21.6 Å². The molecule has 1 aromatic heterocycles. The highest BCUT2D eigenvalue weighted by atomic mass is 33.1. The van der Waals surface area contributed by atoms with Crippen LogP contribution in [-0.2, 0) is 9.53 Å². The van der Waals surface area contributed by atoms with E-state index < -0.39 is 25.4 Å². The molecule has 12 heteroatoms. The number of nitrogens with one attached hydrogen (secondary N) is 3. The number of rotatable bonds is 26. The van der Waals surface area contributed by atoms with E-state index >= 15 is 0 Å². The predicted molar refractivity (Wildman–Crippen MR) is 215 cm³/mol.